The van der Waals surface area contributed by atoms with Crippen LogP contribution in [0.4, 0.5) is 18.9 Å². The maximum Gasteiger partial charge on any atom is 0.258 e. The fraction of sp³-hybridized carbons (Fsp3) is 0.0833. The number of amides is 1. The number of rotatable bonds is 5. The van der Waals surface area contributed by atoms with Crippen LogP contribution in [0.5, 0.6) is 5.75 Å². The van der Waals surface area contributed by atoms with Crippen molar-refractivity contribution in [1.29, 1.82) is 0 Å². The van der Waals surface area contributed by atoms with Crippen molar-refractivity contribution in [1.82, 2.24) is 5.32 Å². The van der Waals surface area contributed by atoms with Gasteiger partial charge in [-0.2, -0.15) is 10.1 Å². The summed E-state index contributed by atoms with van der Waals surface area (Å²) in [6.07, 6.45) is 1.64. The smallest absolute Gasteiger partial charge is 0.258 e. The summed E-state index contributed by atoms with van der Waals surface area (Å²) in [5.41, 5.74) is 0.854. The van der Waals surface area contributed by atoms with E-state index in [2.05, 4.69) is 25.9 Å². The van der Waals surface area contributed by atoms with E-state index in [0.717, 1.165) is 35.9 Å². The van der Waals surface area contributed by atoms with E-state index < -0.39 is 29.4 Å². The van der Waals surface area contributed by atoms with E-state index >= 15 is 0 Å². The van der Waals surface area contributed by atoms with Gasteiger partial charge in [0.1, 0.15) is 17.6 Å². The van der Waals surface area contributed by atoms with Crippen LogP contribution in [0, 0.1) is 17.5 Å². The summed E-state index contributed by atoms with van der Waals surface area (Å²) in [6.45, 7) is 0. The summed E-state index contributed by atoms with van der Waals surface area (Å²) in [4.78, 5) is 16.9. The number of carbonyl (C=O) groups is 1. The predicted octanol–water partition coefficient (Wildman–Crippen LogP) is 6.01. The number of ether oxygens (including phenoxy) is 1. The van der Waals surface area contributed by atoms with Crippen LogP contribution in [-0.2, 0) is 0 Å². The zero-order valence-electron chi connectivity index (χ0n) is 18.1. The second-order valence-corrected chi connectivity index (χ2v) is 7.72. The summed E-state index contributed by atoms with van der Waals surface area (Å²) in [5, 5.41) is 13.5. The van der Waals surface area contributed by atoms with Crippen LogP contribution in [0.1, 0.15) is 22.0 Å². The first-order valence-electron chi connectivity index (χ1n) is 10.2. The molecule has 7 nitrogen and oxygen atoms in total. The molecule has 1 unspecified atom stereocenters. The number of nitrogens with one attached hydrogen (secondary N) is 2. The number of methoxy groups -OCH3 is 1. The van der Waals surface area contributed by atoms with Gasteiger partial charge in [-0.15, -0.1) is 5.11 Å². The number of benzene rings is 3. The average molecular weight is 500 g/mol. The highest BCUT2D eigenvalue weighted by atomic mass is 35.5. The normalized spacial score (nSPS) is 15.1. The van der Waals surface area contributed by atoms with Gasteiger partial charge in [-0.3, -0.25) is 10.1 Å². The highest BCUT2D eigenvalue weighted by molar-refractivity contribution is 6.31. The van der Waals surface area contributed by atoms with Crippen molar-refractivity contribution < 1.29 is 22.7 Å². The molecule has 3 aromatic rings. The number of carbonyl (C=O) groups excluding carboxylic acids is 1. The lowest BCUT2D eigenvalue weighted by molar-refractivity contribution is 0.0976. The van der Waals surface area contributed by atoms with E-state index in [0.29, 0.717) is 5.75 Å². The maximum atomic E-state index is 13.8. The van der Waals surface area contributed by atoms with Gasteiger partial charge >= 0.3 is 0 Å². The van der Waals surface area contributed by atoms with Crippen molar-refractivity contribution in [2.45, 2.75) is 6.04 Å². The lowest BCUT2D eigenvalue weighted by Gasteiger charge is -2.12. The van der Waals surface area contributed by atoms with Gasteiger partial charge in [0.2, 0.25) is 5.96 Å². The zero-order chi connectivity index (χ0) is 24.9. The fourth-order valence-electron chi connectivity index (χ4n) is 3.13. The molecule has 0 radical (unpaired) electrons. The molecule has 0 saturated carbocycles. The van der Waals surface area contributed by atoms with Crippen LogP contribution in [-0.4, -0.2) is 19.0 Å². The second kappa shape index (κ2) is 10.4. The SMILES string of the molecule is COc1ccc(C2C=C(N=C(NC(=O)c3ccc(F)c(F)c3)Nc3cc(F)cc(Cl)c3)N=N2)cc1. The molecule has 178 valence electrons. The zero-order valence-corrected chi connectivity index (χ0v) is 18.9. The van der Waals surface area contributed by atoms with Crippen molar-refractivity contribution >= 4 is 29.2 Å². The fourth-order valence-corrected chi connectivity index (χ4v) is 3.36. The number of nitrogens with zero attached hydrogens (tertiary/aromatic N) is 3. The molecule has 0 bridgehead atoms. The largest absolute Gasteiger partial charge is 0.497 e. The van der Waals surface area contributed by atoms with E-state index in [1.54, 1.807) is 25.3 Å². The Hall–Kier alpha value is -4.18. The minimum atomic E-state index is -1.18. The highest BCUT2D eigenvalue weighted by Gasteiger charge is 2.18. The van der Waals surface area contributed by atoms with Crippen molar-refractivity contribution in [2.24, 2.45) is 15.2 Å². The lowest BCUT2D eigenvalue weighted by atomic mass is 10.1. The average Bonchev–Trinajstić information content (AvgIpc) is 3.28. The van der Waals surface area contributed by atoms with Gasteiger partial charge in [-0.05, 0) is 60.2 Å². The highest BCUT2D eigenvalue weighted by Crippen LogP contribution is 2.29. The molecule has 1 aliphatic rings. The number of hydrogen-bond acceptors (Lipinski definition) is 5. The van der Waals surface area contributed by atoms with Gasteiger partial charge in [-0.1, -0.05) is 23.7 Å². The van der Waals surface area contributed by atoms with E-state index in [1.165, 1.54) is 6.07 Å². The third kappa shape index (κ3) is 6.04. The minimum absolute atomic E-state index is 0.109. The number of halogens is 4. The van der Waals surface area contributed by atoms with Gasteiger partial charge in [0, 0.05) is 16.3 Å². The number of azo groups is 1. The first kappa shape index (κ1) is 24.0. The Morgan fingerprint density at radius 1 is 1.03 bits per heavy atom. The third-order valence-corrected chi connectivity index (χ3v) is 5.03. The molecule has 35 heavy (non-hydrogen) atoms. The van der Waals surface area contributed by atoms with Gasteiger partial charge in [0.15, 0.2) is 17.5 Å². The van der Waals surface area contributed by atoms with Gasteiger partial charge < -0.3 is 10.1 Å². The molecule has 0 fully saturated rings. The van der Waals surface area contributed by atoms with Crippen LogP contribution in [0.3, 0.4) is 0 Å². The quantitative estimate of drug-likeness (QED) is 0.333. The van der Waals surface area contributed by atoms with E-state index in [4.69, 9.17) is 16.3 Å². The Balaban J connectivity index is 1.61. The van der Waals surface area contributed by atoms with Crippen molar-refractivity contribution in [3.05, 3.63) is 106 Å². The molecular formula is C24H17ClF3N5O2. The number of anilines is 1. The molecule has 1 aliphatic heterocycles. The number of hydrogen-bond donors (Lipinski definition) is 2. The van der Waals surface area contributed by atoms with Crippen LogP contribution in [0.15, 0.2) is 87.8 Å². The first-order valence-corrected chi connectivity index (χ1v) is 10.5. The number of guanidine groups is 1. The van der Waals surface area contributed by atoms with Gasteiger partial charge in [0.25, 0.3) is 5.91 Å². The predicted molar refractivity (Wildman–Crippen MR) is 125 cm³/mol. The Kier molecular flexibility index (Phi) is 7.11. The second-order valence-electron chi connectivity index (χ2n) is 7.28. The molecule has 1 atom stereocenters. The molecule has 11 heteroatoms. The molecule has 0 saturated heterocycles. The topological polar surface area (TPSA) is 87.4 Å². The van der Waals surface area contributed by atoms with Gasteiger partial charge in [0.05, 0.1) is 7.11 Å². The van der Waals surface area contributed by atoms with E-state index in [-0.39, 0.29) is 28.1 Å². The lowest BCUT2D eigenvalue weighted by Crippen LogP contribution is -2.36. The van der Waals surface area contributed by atoms with E-state index in [1.807, 2.05) is 12.1 Å². The van der Waals surface area contributed by atoms with E-state index in [9.17, 15) is 18.0 Å². The summed E-state index contributed by atoms with van der Waals surface area (Å²) < 4.78 is 45.8. The Morgan fingerprint density at radius 3 is 2.49 bits per heavy atom. The summed E-state index contributed by atoms with van der Waals surface area (Å²) in [5.74, 6) is -3.01. The molecule has 4 rings (SSSR count). The van der Waals surface area contributed by atoms with Gasteiger partial charge in [-0.25, -0.2) is 13.2 Å². The standard InChI is InChI=1S/C24H17ClF3N5O2/c1-35-18-5-2-13(3-6-18)21-12-22(33-32-21)30-24(29-17-10-15(25)9-16(26)11-17)31-23(34)14-4-7-19(27)20(28)8-14/h2-12,21H,1H3,(H2,29,30,31,34). The first-order chi connectivity index (χ1) is 16.8. The monoisotopic (exact) mass is 499 g/mol. The van der Waals surface area contributed by atoms with Crippen molar-refractivity contribution in [3.8, 4) is 5.75 Å². The molecule has 2 N–H and O–H groups in total. The minimum Gasteiger partial charge on any atom is -0.497 e. The van der Waals surface area contributed by atoms with Crippen molar-refractivity contribution in [3.63, 3.8) is 0 Å². The summed E-state index contributed by atoms with van der Waals surface area (Å²) >= 11 is 5.91. The maximum absolute atomic E-state index is 13.8. The molecule has 0 aliphatic carbocycles. The summed E-state index contributed by atoms with van der Waals surface area (Å²) in [7, 11) is 1.56. The van der Waals surface area contributed by atoms with Crippen molar-refractivity contribution in [2.75, 3.05) is 12.4 Å². The third-order valence-electron chi connectivity index (χ3n) is 4.81. The van der Waals surface area contributed by atoms with Crippen LogP contribution in [0.2, 0.25) is 5.02 Å². The number of aliphatic imine (C=N–C) groups is 1. The van der Waals surface area contributed by atoms with Crippen LogP contribution in [0.25, 0.3) is 0 Å². The molecule has 1 amide bonds. The molecule has 3 aromatic carbocycles. The Bertz CT molecular complexity index is 1340. The van der Waals surface area contributed by atoms with Crippen LogP contribution >= 0.6 is 11.6 Å². The molecule has 0 spiro atoms. The van der Waals surface area contributed by atoms with Crippen LogP contribution < -0.4 is 15.4 Å². The molecular weight excluding hydrogens is 483 g/mol. The molecule has 0 aromatic heterocycles. The summed E-state index contributed by atoms with van der Waals surface area (Å²) in [6, 6.07) is 13.1. The Morgan fingerprint density at radius 2 is 1.80 bits per heavy atom. The molecule has 1 heterocycles. The Labute approximate surface area is 203 Å².